The Balaban J connectivity index is 0.000000130. The topological polar surface area (TPSA) is 348 Å². The maximum absolute atomic E-state index is 14.7. The van der Waals surface area contributed by atoms with Gasteiger partial charge in [-0.25, -0.2) is 28.1 Å². The second-order valence-corrected chi connectivity index (χ2v) is 47.6. The number of aliphatic hydroxyl groups excluding tert-OH is 3. The van der Waals surface area contributed by atoms with E-state index in [0.29, 0.717) is 79.4 Å². The van der Waals surface area contributed by atoms with E-state index in [-0.39, 0.29) is 133 Å². The number of carbonyl (C=O) groups is 6. The number of fused-ring (bicyclic) bond motifs is 23. The van der Waals surface area contributed by atoms with Crippen LogP contribution in [0.3, 0.4) is 0 Å². The second kappa shape index (κ2) is 36.8. The number of thioether (sulfide) groups is 3. The van der Waals surface area contributed by atoms with Crippen molar-refractivity contribution in [3.05, 3.63) is 150 Å². The van der Waals surface area contributed by atoms with E-state index in [1.54, 1.807) is 66.0 Å². The van der Waals surface area contributed by atoms with E-state index < -0.39 is 91.8 Å². The number of ketones is 6. The van der Waals surface area contributed by atoms with Gasteiger partial charge in [0.2, 0.25) is 10.0 Å². The minimum absolute atomic E-state index is 0.00144. The first-order valence-corrected chi connectivity index (χ1v) is 54.2. The van der Waals surface area contributed by atoms with Gasteiger partial charge in [-0.05, 0) is 205 Å². The molecule has 24 nitrogen and oxygen atoms in total. The molecule has 6 aromatic rings. The zero-order valence-corrected chi connectivity index (χ0v) is 82.4. The summed E-state index contributed by atoms with van der Waals surface area (Å²) < 4.78 is 71.3. The van der Waals surface area contributed by atoms with Gasteiger partial charge in [0.05, 0.1) is 99.0 Å². The smallest absolute Gasteiger partial charge is 0.240 e. The van der Waals surface area contributed by atoms with Gasteiger partial charge in [0, 0.05) is 74.3 Å². The Morgan fingerprint density at radius 2 is 1.01 bits per heavy atom. The summed E-state index contributed by atoms with van der Waals surface area (Å²) in [5.74, 6) is 1.42. The lowest BCUT2D eigenvalue weighted by Gasteiger charge is -2.59. The Bertz CT molecular complexity index is 5980. The number of nitrogens with zero attached hydrogens (tertiary/aromatic N) is 5. The van der Waals surface area contributed by atoms with Crippen LogP contribution < -0.4 is 4.72 Å². The molecule has 21 rings (SSSR count). The van der Waals surface area contributed by atoms with Gasteiger partial charge in [0.25, 0.3) is 0 Å². The SMILES string of the molecule is CCCCNS(=O)(=O)c1ccc2nc(SCC(=O)[C@@]34O[C@H](CCC)O[C@@H]3CC3C5CCC6=CC(=O)C=CC6(C)C5[C@@H](O)CC34C)[nH]c2c1.CCC[C@@H]1O[C@@H]2CC3C4CCC5=CC(=O)C=CC5(C)C4[C@@H](O)CC3(C)[C@]2(C(=O)CSc2nc(-c3ccccc3)cs2)O1.CCC[C@@H]1O[C@@H]2CC3C4CCC5=CC(=O)C=CC5(C)C4[C@@H](O)CC3(C)[C@]2(C(=O)CSc2nc3ccccc3n2CCC#N)O1. The number of aliphatic hydroxyl groups is 3. The fourth-order valence-corrected chi connectivity index (χ4v) is 33.7. The number of sulfonamides is 1. The maximum atomic E-state index is 14.7. The van der Waals surface area contributed by atoms with Crippen LogP contribution in [0.1, 0.15) is 204 Å². The third-order valence-electron chi connectivity index (χ3n) is 34.9. The van der Waals surface area contributed by atoms with Crippen LogP contribution in [-0.2, 0) is 73.8 Å². The standard InChI is InChI=1S/C36H47N3O7S2.C35H41N3O5S.C34H39NO5S2/c1-5-7-15-37-48(43,44)23-10-12-26-27(17-23)39-33(38-26)47-20-29(42)36-30(45-31(46-36)8-6-2)18-25-24-11-9-21-16-22(40)13-14-34(21,3)32(24)28(41)19-35(25,36)4;1-4-8-30-42-29-18-24-23-12-11-21-17-22(39)13-14-33(21,2)31(23)27(40)19-34(24,3)35(29,43-30)28(41)20-44-32-37-25-9-5-6-10-26(25)38(32)16-7-15-36;1-4-8-29-39-28-16-24-23-12-11-21-15-22(36)13-14-32(21,2)30(23)26(37)17-33(24,3)34(28,40-29)27(38)19-42-31-35-25(18-41-31)20-9-6-5-7-10-20/h10,12-14,16-17,24-25,28,30-32,37,41H,5-9,11,15,18-20H2,1-4H3,(H,38,39);5-6,9-10,13-14,17,23-24,27,29-31,40H,4,7-8,11-12,16,18-20H2,1-3H3;5-7,9-10,13-15,18,23-24,26,28-30,37H,4,8,11-12,16-17,19H2,1-3H3/t24?,25?,28-,30+,31+,32?,34?,35?,36+;23?,24?,27-,29+,30+,31?,33?,34?,35+;23?,24?,26-,28+,29+,30?,32?,33?,34+/m000/s1. The lowest BCUT2D eigenvalue weighted by atomic mass is 9.46. The molecule has 3 aromatic heterocycles. The average molecular weight is 1920 g/mol. The molecule has 9 saturated carbocycles. The number of ether oxygens (including phenoxy) is 6. The number of nitrogens with one attached hydrogen (secondary N) is 2. The molecular weight excluding hydrogens is 1790 g/mol. The van der Waals surface area contributed by atoms with E-state index in [4.69, 9.17) is 38.4 Å². The first-order chi connectivity index (χ1) is 64.2. The number of imidazole rings is 2. The van der Waals surface area contributed by atoms with E-state index in [1.165, 1.54) is 35.3 Å². The van der Waals surface area contributed by atoms with E-state index in [1.807, 2.05) is 89.7 Å². The molecule has 5 N–H and O–H groups in total. The Labute approximate surface area is 802 Å². The molecule has 15 aliphatic rings. The summed E-state index contributed by atoms with van der Waals surface area (Å²) in [5, 5.41) is 48.4. The predicted octanol–water partition coefficient (Wildman–Crippen LogP) is 17.9. The molecule has 6 heterocycles. The van der Waals surface area contributed by atoms with Gasteiger partial charge in [-0.3, -0.25) is 28.8 Å². The molecule has 714 valence electrons. The molecule has 12 aliphatic carbocycles. The summed E-state index contributed by atoms with van der Waals surface area (Å²) in [5.41, 5.74) is 1.92. The number of hydrogen-bond donors (Lipinski definition) is 5. The van der Waals surface area contributed by atoms with Crippen molar-refractivity contribution in [3.63, 3.8) is 0 Å². The van der Waals surface area contributed by atoms with Crippen LogP contribution in [0.4, 0.5) is 0 Å². The van der Waals surface area contributed by atoms with Crippen molar-refractivity contribution in [1.29, 1.82) is 5.26 Å². The zero-order valence-electron chi connectivity index (χ0n) is 78.3. The number of Topliss-reactive ketones (excluding diaryl/α,β-unsaturated/α-hetero) is 3. The highest BCUT2D eigenvalue weighted by Gasteiger charge is 2.80. The molecule has 0 spiro atoms. The van der Waals surface area contributed by atoms with Crippen molar-refractivity contribution >= 4 is 113 Å². The third kappa shape index (κ3) is 15.6. The Morgan fingerprint density at radius 3 is 1.47 bits per heavy atom. The second-order valence-electron chi connectivity index (χ2n) is 41.8. The van der Waals surface area contributed by atoms with E-state index in [0.717, 1.165) is 133 Å². The maximum Gasteiger partial charge on any atom is 0.240 e. The molecule has 27 atom stereocenters. The number of allylic oxidation sites excluding steroid dienone is 12. The van der Waals surface area contributed by atoms with Crippen molar-refractivity contribution in [2.24, 2.45) is 85.8 Å². The van der Waals surface area contributed by atoms with Gasteiger partial charge in [-0.2, -0.15) is 5.26 Å². The number of H-pyrrole nitrogens is 1. The predicted molar refractivity (Wildman–Crippen MR) is 513 cm³/mol. The van der Waals surface area contributed by atoms with Gasteiger partial charge in [-0.15, -0.1) is 11.3 Å². The number of para-hydroxylation sites is 2. The van der Waals surface area contributed by atoms with Gasteiger partial charge in [0.1, 0.15) is 0 Å². The van der Waals surface area contributed by atoms with Crippen LogP contribution in [0.5, 0.6) is 0 Å². The molecule has 3 saturated heterocycles. The van der Waals surface area contributed by atoms with Crippen molar-refractivity contribution < 1.29 is 80.9 Å². The van der Waals surface area contributed by atoms with Crippen LogP contribution in [0.2, 0.25) is 0 Å². The fraction of sp³-hybridized carbons (Fsp3) is 0.600. The lowest BCUT2D eigenvalue weighted by molar-refractivity contribution is -0.197. The Morgan fingerprint density at radius 1 is 0.567 bits per heavy atom. The quantitative estimate of drug-likeness (QED) is 0.0249. The first-order valence-electron chi connectivity index (χ1n) is 48.9. The number of nitriles is 1. The highest BCUT2D eigenvalue weighted by molar-refractivity contribution is 8.01. The van der Waals surface area contributed by atoms with Gasteiger partial charge in [-0.1, -0.05) is 208 Å². The molecular formula is C105H127N7O17S5. The number of unbranched alkanes of at least 4 members (excludes halogenated alkanes) is 1. The fourth-order valence-electron chi connectivity index (χ4n) is 29.0. The summed E-state index contributed by atoms with van der Waals surface area (Å²) in [7, 11) is -3.65. The monoisotopic (exact) mass is 1920 g/mol. The number of rotatable bonds is 26. The number of aromatic nitrogens is 5. The number of hydrogen-bond acceptors (Lipinski definition) is 25. The minimum atomic E-state index is -3.65. The normalized spacial score (nSPS) is 38.7. The number of carbonyl (C=O) groups excluding carboxylic acids is 6. The Hall–Kier alpha value is -7.22. The summed E-state index contributed by atoms with van der Waals surface area (Å²) >= 11 is 5.71. The van der Waals surface area contributed by atoms with E-state index >= 15 is 0 Å². The molecule has 3 aromatic carbocycles. The number of aromatic amines is 1. The molecule has 0 amide bonds. The van der Waals surface area contributed by atoms with Crippen LogP contribution in [-0.4, -0.2) is 179 Å². The van der Waals surface area contributed by atoms with Gasteiger partial charge < -0.3 is 53.3 Å². The lowest BCUT2D eigenvalue weighted by Crippen LogP contribution is -2.63. The van der Waals surface area contributed by atoms with Crippen LogP contribution in [0.25, 0.3) is 33.3 Å². The number of benzene rings is 3. The molecule has 3 aliphatic heterocycles. The van der Waals surface area contributed by atoms with Gasteiger partial charge >= 0.3 is 0 Å². The first kappa shape index (κ1) is 95.7. The van der Waals surface area contributed by atoms with E-state index in [9.17, 15) is 57.8 Å². The van der Waals surface area contributed by atoms with E-state index in [2.05, 4.69) is 83.1 Å². The summed E-state index contributed by atoms with van der Waals surface area (Å²) in [4.78, 5) is 98.2. The summed E-state index contributed by atoms with van der Waals surface area (Å²) in [6, 6.07) is 25.0. The van der Waals surface area contributed by atoms with Gasteiger partial charge in [0.15, 0.2) is 85.0 Å². The van der Waals surface area contributed by atoms with Crippen LogP contribution >= 0.6 is 46.6 Å². The zero-order chi connectivity index (χ0) is 94.2. The van der Waals surface area contributed by atoms with Crippen LogP contribution in [0.15, 0.2) is 169 Å². The molecule has 134 heavy (non-hydrogen) atoms. The van der Waals surface area contributed by atoms with Crippen LogP contribution in [0, 0.1) is 97.1 Å². The molecule has 29 heteroatoms. The molecule has 12 fully saturated rings. The summed E-state index contributed by atoms with van der Waals surface area (Å²) in [6.45, 7) is 22.1. The number of thiazole rings is 1. The minimum Gasteiger partial charge on any atom is -0.393 e. The van der Waals surface area contributed by atoms with Crippen molar-refractivity contribution in [1.82, 2.24) is 29.2 Å². The molecule has 0 bridgehead atoms. The number of aryl methyl sites for hydroxylation is 1. The van der Waals surface area contributed by atoms with Crippen molar-refractivity contribution in [2.45, 2.75) is 302 Å². The molecule has 0 radical (unpaired) electrons. The Kier molecular flexibility index (Phi) is 26.3. The summed E-state index contributed by atoms with van der Waals surface area (Å²) in [6.07, 6.45) is 27.3. The van der Waals surface area contributed by atoms with Crippen molar-refractivity contribution in [2.75, 3.05) is 23.8 Å². The molecule has 15 unspecified atom stereocenters. The average Bonchev–Trinajstić information content (AvgIpc) is 1.52. The van der Waals surface area contributed by atoms with Crippen molar-refractivity contribution in [3.8, 4) is 17.3 Å². The highest BCUT2D eigenvalue weighted by atomic mass is 32.2. The largest absolute Gasteiger partial charge is 0.393 e. The third-order valence-corrected chi connectivity index (χ3v) is 40.2. The highest BCUT2D eigenvalue weighted by Crippen LogP contribution is 2.74.